The molecule has 0 radical (unpaired) electrons. The minimum absolute atomic E-state index is 0.0111. The molecule has 1 aliphatic rings. The van der Waals surface area contributed by atoms with Crippen LogP contribution in [0.4, 0.5) is 5.95 Å². The Morgan fingerprint density at radius 2 is 2.00 bits per heavy atom. The number of para-hydroxylation sites is 2. The maximum atomic E-state index is 13.1. The van der Waals surface area contributed by atoms with E-state index in [9.17, 15) is 4.79 Å². The van der Waals surface area contributed by atoms with Gasteiger partial charge >= 0.3 is 0 Å². The van der Waals surface area contributed by atoms with Gasteiger partial charge in [0.25, 0.3) is 5.91 Å². The van der Waals surface area contributed by atoms with Crippen molar-refractivity contribution in [2.75, 3.05) is 31.1 Å². The Morgan fingerprint density at radius 1 is 1.10 bits per heavy atom. The SMILES string of the molecule is Cc1sc(-c2ccco2)nc1C(=O)N1CCCN(c2nc3ccccc3[nH]2)CC1. The van der Waals surface area contributed by atoms with Crippen molar-refractivity contribution in [3.05, 3.63) is 53.2 Å². The lowest BCUT2D eigenvalue weighted by Gasteiger charge is -2.21. The first-order chi connectivity index (χ1) is 14.2. The Labute approximate surface area is 172 Å². The van der Waals surface area contributed by atoms with E-state index in [1.807, 2.05) is 48.2 Å². The molecule has 1 amide bonds. The number of aromatic amines is 1. The number of thiazole rings is 1. The van der Waals surface area contributed by atoms with E-state index in [2.05, 4.69) is 14.9 Å². The molecule has 1 aliphatic heterocycles. The molecular formula is C21H21N5O2S. The third kappa shape index (κ3) is 3.40. The first kappa shape index (κ1) is 17.9. The summed E-state index contributed by atoms with van der Waals surface area (Å²) in [4.78, 5) is 30.8. The maximum Gasteiger partial charge on any atom is 0.273 e. The Bertz CT molecular complexity index is 1110. The second-order valence-corrected chi connectivity index (χ2v) is 8.31. The van der Waals surface area contributed by atoms with E-state index in [0.29, 0.717) is 24.5 Å². The van der Waals surface area contributed by atoms with Crippen molar-refractivity contribution in [2.24, 2.45) is 0 Å². The number of H-pyrrole nitrogens is 1. The summed E-state index contributed by atoms with van der Waals surface area (Å²) in [6.45, 7) is 4.89. The van der Waals surface area contributed by atoms with Crippen LogP contribution in [0, 0.1) is 6.92 Å². The molecule has 0 saturated carbocycles. The van der Waals surface area contributed by atoms with Gasteiger partial charge in [0.05, 0.1) is 17.3 Å². The first-order valence-corrected chi connectivity index (χ1v) is 10.5. The van der Waals surface area contributed by atoms with Crippen molar-refractivity contribution < 1.29 is 9.21 Å². The zero-order valence-corrected chi connectivity index (χ0v) is 16.9. The van der Waals surface area contributed by atoms with Crippen LogP contribution in [0.1, 0.15) is 21.8 Å². The number of carbonyl (C=O) groups excluding carboxylic acids is 1. The zero-order chi connectivity index (χ0) is 19.8. The summed E-state index contributed by atoms with van der Waals surface area (Å²) in [7, 11) is 0. The molecule has 5 rings (SSSR count). The van der Waals surface area contributed by atoms with E-state index in [0.717, 1.165) is 46.4 Å². The molecule has 0 unspecified atom stereocenters. The summed E-state index contributed by atoms with van der Waals surface area (Å²) < 4.78 is 5.43. The third-order valence-electron chi connectivity index (χ3n) is 5.19. The predicted molar refractivity (Wildman–Crippen MR) is 113 cm³/mol. The second-order valence-electron chi connectivity index (χ2n) is 7.11. The van der Waals surface area contributed by atoms with Crippen LogP contribution in [0.15, 0.2) is 47.1 Å². The van der Waals surface area contributed by atoms with E-state index in [1.165, 1.54) is 11.3 Å². The molecular weight excluding hydrogens is 386 g/mol. The van der Waals surface area contributed by atoms with E-state index in [1.54, 1.807) is 6.26 Å². The fraction of sp³-hybridized carbons (Fsp3) is 0.286. The minimum atomic E-state index is -0.0111. The van der Waals surface area contributed by atoms with Crippen LogP contribution in [-0.4, -0.2) is 51.9 Å². The third-order valence-corrected chi connectivity index (χ3v) is 6.18. The number of nitrogens with one attached hydrogen (secondary N) is 1. The van der Waals surface area contributed by atoms with Gasteiger partial charge in [-0.05, 0) is 37.6 Å². The lowest BCUT2D eigenvalue weighted by molar-refractivity contribution is 0.0761. The molecule has 4 aromatic rings. The summed E-state index contributed by atoms with van der Waals surface area (Å²) in [5.41, 5.74) is 2.52. The Kier molecular flexibility index (Phi) is 4.55. The summed E-state index contributed by atoms with van der Waals surface area (Å²) in [5, 5.41) is 0.745. The molecule has 29 heavy (non-hydrogen) atoms. The highest BCUT2D eigenvalue weighted by atomic mass is 32.1. The average Bonchev–Trinajstić information content (AvgIpc) is 3.44. The lowest BCUT2D eigenvalue weighted by atomic mass is 10.3. The molecule has 1 saturated heterocycles. The van der Waals surface area contributed by atoms with Crippen LogP contribution >= 0.6 is 11.3 Å². The van der Waals surface area contributed by atoms with Crippen LogP contribution in [0.5, 0.6) is 0 Å². The van der Waals surface area contributed by atoms with Crippen molar-refractivity contribution in [2.45, 2.75) is 13.3 Å². The van der Waals surface area contributed by atoms with Crippen molar-refractivity contribution in [1.82, 2.24) is 19.9 Å². The van der Waals surface area contributed by atoms with Gasteiger partial charge in [-0.15, -0.1) is 11.3 Å². The summed E-state index contributed by atoms with van der Waals surface area (Å²) in [6, 6.07) is 11.7. The summed E-state index contributed by atoms with van der Waals surface area (Å²) in [6.07, 6.45) is 2.51. The van der Waals surface area contributed by atoms with Gasteiger partial charge in [-0.1, -0.05) is 12.1 Å². The van der Waals surface area contributed by atoms with Gasteiger partial charge < -0.3 is 19.2 Å². The number of rotatable bonds is 3. The molecule has 1 N–H and O–H groups in total. The number of hydrogen-bond acceptors (Lipinski definition) is 6. The van der Waals surface area contributed by atoms with Crippen LogP contribution in [0.2, 0.25) is 0 Å². The summed E-state index contributed by atoms with van der Waals surface area (Å²) in [5.74, 6) is 1.55. The normalized spacial score (nSPS) is 15.1. The molecule has 1 fully saturated rings. The number of anilines is 1. The van der Waals surface area contributed by atoms with Crippen molar-refractivity contribution in [3.8, 4) is 10.8 Å². The number of nitrogens with zero attached hydrogens (tertiary/aromatic N) is 4. The largest absolute Gasteiger partial charge is 0.462 e. The summed E-state index contributed by atoms with van der Waals surface area (Å²) >= 11 is 1.49. The van der Waals surface area contributed by atoms with Gasteiger partial charge in [-0.3, -0.25) is 4.79 Å². The van der Waals surface area contributed by atoms with Crippen LogP contribution in [-0.2, 0) is 0 Å². The van der Waals surface area contributed by atoms with Gasteiger partial charge in [-0.2, -0.15) is 0 Å². The smallest absolute Gasteiger partial charge is 0.273 e. The average molecular weight is 407 g/mol. The van der Waals surface area contributed by atoms with Gasteiger partial charge in [0.1, 0.15) is 5.69 Å². The number of benzene rings is 1. The van der Waals surface area contributed by atoms with Crippen molar-refractivity contribution >= 4 is 34.2 Å². The van der Waals surface area contributed by atoms with Crippen molar-refractivity contribution in [1.29, 1.82) is 0 Å². The number of fused-ring (bicyclic) bond motifs is 1. The van der Waals surface area contributed by atoms with Crippen LogP contribution in [0.3, 0.4) is 0 Å². The monoisotopic (exact) mass is 407 g/mol. The van der Waals surface area contributed by atoms with Crippen molar-refractivity contribution in [3.63, 3.8) is 0 Å². The molecule has 0 aliphatic carbocycles. The Hall–Kier alpha value is -3.13. The van der Waals surface area contributed by atoms with E-state index in [-0.39, 0.29) is 5.91 Å². The highest BCUT2D eigenvalue weighted by molar-refractivity contribution is 7.15. The Morgan fingerprint density at radius 3 is 2.83 bits per heavy atom. The molecule has 1 aromatic carbocycles. The Balaban J connectivity index is 1.32. The minimum Gasteiger partial charge on any atom is -0.462 e. The molecule has 7 nitrogen and oxygen atoms in total. The van der Waals surface area contributed by atoms with E-state index < -0.39 is 0 Å². The molecule has 3 aromatic heterocycles. The van der Waals surface area contributed by atoms with Gasteiger partial charge in [0.15, 0.2) is 10.8 Å². The van der Waals surface area contributed by atoms with Gasteiger partial charge in [0, 0.05) is 31.1 Å². The lowest BCUT2D eigenvalue weighted by Crippen LogP contribution is -2.35. The fourth-order valence-corrected chi connectivity index (χ4v) is 4.55. The molecule has 4 heterocycles. The second kappa shape index (κ2) is 7.36. The number of carbonyl (C=O) groups is 1. The highest BCUT2D eigenvalue weighted by Crippen LogP contribution is 2.29. The molecule has 0 bridgehead atoms. The standard InChI is InChI=1S/C21H21N5O2S/c1-14-18(24-19(29-14)17-8-4-13-28-17)20(27)25-9-5-10-26(12-11-25)21-22-15-6-2-3-7-16(15)23-21/h2-4,6-8,13H,5,9-12H2,1H3,(H,22,23). The van der Waals surface area contributed by atoms with Crippen LogP contribution in [0.25, 0.3) is 21.8 Å². The predicted octanol–water partition coefficient (Wildman–Crippen LogP) is 3.94. The fourth-order valence-electron chi connectivity index (χ4n) is 3.67. The maximum absolute atomic E-state index is 13.1. The zero-order valence-electron chi connectivity index (χ0n) is 16.1. The molecule has 148 valence electrons. The molecule has 0 atom stereocenters. The first-order valence-electron chi connectivity index (χ1n) is 9.69. The van der Waals surface area contributed by atoms with Gasteiger partial charge in [-0.25, -0.2) is 9.97 Å². The number of amides is 1. The highest BCUT2D eigenvalue weighted by Gasteiger charge is 2.25. The van der Waals surface area contributed by atoms with Gasteiger partial charge in [0.2, 0.25) is 5.95 Å². The van der Waals surface area contributed by atoms with E-state index >= 15 is 0 Å². The number of imidazole rings is 1. The quantitative estimate of drug-likeness (QED) is 0.557. The molecule has 0 spiro atoms. The number of aryl methyl sites for hydroxylation is 1. The number of aromatic nitrogens is 3. The number of hydrogen-bond donors (Lipinski definition) is 1. The number of furan rings is 1. The topological polar surface area (TPSA) is 78.3 Å². The molecule has 8 heteroatoms. The van der Waals surface area contributed by atoms with E-state index in [4.69, 9.17) is 9.40 Å². The van der Waals surface area contributed by atoms with Crippen LogP contribution < -0.4 is 4.90 Å².